The van der Waals surface area contributed by atoms with E-state index in [9.17, 15) is 15.0 Å². The highest BCUT2D eigenvalue weighted by atomic mass is 16.5. The topological polar surface area (TPSA) is 87.0 Å². The normalized spacial score (nSPS) is 30.1. The van der Waals surface area contributed by atoms with E-state index in [4.69, 9.17) is 9.84 Å². The summed E-state index contributed by atoms with van der Waals surface area (Å²) in [5.74, 6) is 0.567. The molecule has 5 nitrogen and oxygen atoms in total. The number of hydrogen-bond acceptors (Lipinski definition) is 4. The molecule has 1 unspecified atom stereocenters. The summed E-state index contributed by atoms with van der Waals surface area (Å²) in [6.45, 7) is 0. The summed E-state index contributed by atoms with van der Waals surface area (Å²) in [5, 5.41) is 30.1. The van der Waals surface area contributed by atoms with Gasteiger partial charge in [0.2, 0.25) is 0 Å². The maximum atomic E-state index is 10.9. The molecule has 0 aromatic heterocycles. The Morgan fingerprint density at radius 1 is 1.24 bits per heavy atom. The number of aliphatic carboxylic acids is 1. The summed E-state index contributed by atoms with van der Waals surface area (Å²) >= 11 is 0. The molecule has 2 saturated carbocycles. The van der Waals surface area contributed by atoms with Crippen LogP contribution in [0.1, 0.15) is 68.4 Å². The Hall–Kier alpha value is -1.85. The van der Waals surface area contributed by atoms with Crippen LogP contribution in [0.25, 0.3) is 0 Å². The highest BCUT2D eigenvalue weighted by Crippen LogP contribution is 2.52. The predicted molar refractivity (Wildman–Crippen MR) is 110 cm³/mol. The SMILES string of the molecule is O=C(O)CCc1cccc2c1O[C@H]1C[C@@H](O)C(C=C[C@@H](O)CC3CCCCC3)[C@@H]21. The van der Waals surface area contributed by atoms with Crippen LogP contribution in [0.4, 0.5) is 0 Å². The molecule has 158 valence electrons. The highest BCUT2D eigenvalue weighted by molar-refractivity contribution is 5.67. The Labute approximate surface area is 172 Å². The average Bonchev–Trinajstić information content (AvgIpc) is 3.20. The molecular weight excluding hydrogens is 368 g/mol. The largest absolute Gasteiger partial charge is 0.489 e. The first-order valence-corrected chi connectivity index (χ1v) is 11.1. The van der Waals surface area contributed by atoms with Crippen molar-refractivity contribution in [3.8, 4) is 5.75 Å². The van der Waals surface area contributed by atoms with Crippen molar-refractivity contribution in [1.29, 1.82) is 0 Å². The molecule has 0 bridgehead atoms. The Morgan fingerprint density at radius 2 is 2.03 bits per heavy atom. The number of ether oxygens (including phenoxy) is 1. The number of aliphatic hydroxyl groups is 2. The zero-order valence-corrected chi connectivity index (χ0v) is 16.9. The van der Waals surface area contributed by atoms with Gasteiger partial charge in [-0.2, -0.15) is 0 Å². The maximum Gasteiger partial charge on any atom is 0.303 e. The molecule has 2 fully saturated rings. The van der Waals surface area contributed by atoms with Crippen molar-refractivity contribution in [2.24, 2.45) is 11.8 Å². The van der Waals surface area contributed by atoms with Crippen molar-refractivity contribution >= 4 is 5.97 Å². The molecule has 4 rings (SSSR count). The van der Waals surface area contributed by atoms with E-state index in [1.165, 1.54) is 32.1 Å². The first kappa shape index (κ1) is 20.4. The summed E-state index contributed by atoms with van der Waals surface area (Å²) < 4.78 is 6.17. The van der Waals surface area contributed by atoms with Gasteiger partial charge in [-0.1, -0.05) is 62.5 Å². The van der Waals surface area contributed by atoms with Gasteiger partial charge in [-0.25, -0.2) is 0 Å². The van der Waals surface area contributed by atoms with E-state index >= 15 is 0 Å². The van der Waals surface area contributed by atoms with Crippen LogP contribution in [-0.4, -0.2) is 39.6 Å². The summed E-state index contributed by atoms with van der Waals surface area (Å²) in [5.41, 5.74) is 1.99. The van der Waals surface area contributed by atoms with Crippen LogP contribution in [0.5, 0.6) is 5.75 Å². The summed E-state index contributed by atoms with van der Waals surface area (Å²) in [6, 6.07) is 5.91. The van der Waals surface area contributed by atoms with Gasteiger partial charge in [0.15, 0.2) is 0 Å². The molecule has 0 radical (unpaired) electrons. The molecule has 29 heavy (non-hydrogen) atoms. The van der Waals surface area contributed by atoms with E-state index in [-0.39, 0.29) is 24.4 Å². The third-order valence-electron chi connectivity index (χ3n) is 6.95. The number of benzene rings is 1. The molecule has 0 amide bonds. The molecule has 0 saturated heterocycles. The van der Waals surface area contributed by atoms with Gasteiger partial charge in [-0.05, 0) is 24.3 Å². The number of para-hydroxylation sites is 1. The number of carbonyl (C=O) groups is 1. The first-order valence-electron chi connectivity index (χ1n) is 11.1. The van der Waals surface area contributed by atoms with E-state index < -0.39 is 18.2 Å². The molecule has 1 heterocycles. The fourth-order valence-electron chi connectivity index (χ4n) is 5.51. The predicted octanol–water partition coefficient (Wildman–Crippen LogP) is 3.82. The van der Waals surface area contributed by atoms with E-state index in [1.54, 1.807) is 0 Å². The minimum atomic E-state index is -0.816. The highest BCUT2D eigenvalue weighted by Gasteiger charge is 2.48. The lowest BCUT2D eigenvalue weighted by Crippen LogP contribution is -2.18. The van der Waals surface area contributed by atoms with Gasteiger partial charge in [0.1, 0.15) is 11.9 Å². The van der Waals surface area contributed by atoms with Crippen molar-refractivity contribution in [2.75, 3.05) is 0 Å². The van der Waals surface area contributed by atoms with E-state index in [1.807, 2.05) is 30.4 Å². The standard InChI is InChI=1S/C24H32O5/c25-17(13-15-5-2-1-3-6-15)10-11-18-20(26)14-21-23(18)19-8-4-7-16(24(19)29-21)9-12-22(27)28/h4,7-8,10-11,15,17-18,20-21,23,25-26H,1-3,5-6,9,12-14H2,(H,27,28)/t17-,18?,20-,21+,23+/m1/s1. The van der Waals surface area contributed by atoms with Crippen LogP contribution in [0.2, 0.25) is 0 Å². The van der Waals surface area contributed by atoms with Gasteiger partial charge in [-0.15, -0.1) is 0 Å². The van der Waals surface area contributed by atoms with Crippen molar-refractivity contribution in [3.63, 3.8) is 0 Å². The lowest BCUT2D eigenvalue weighted by atomic mass is 9.84. The number of aryl methyl sites for hydroxylation is 1. The van der Waals surface area contributed by atoms with Crippen LogP contribution < -0.4 is 4.74 Å². The molecule has 1 aromatic rings. The quantitative estimate of drug-likeness (QED) is 0.606. The van der Waals surface area contributed by atoms with E-state index in [0.717, 1.165) is 23.3 Å². The first-order chi connectivity index (χ1) is 14.0. The number of carboxylic acids is 1. The molecule has 1 aliphatic heterocycles. The molecule has 3 aliphatic rings. The smallest absolute Gasteiger partial charge is 0.303 e. The minimum Gasteiger partial charge on any atom is -0.489 e. The fraction of sp³-hybridized carbons (Fsp3) is 0.625. The number of rotatable bonds is 7. The van der Waals surface area contributed by atoms with Crippen LogP contribution in [0.15, 0.2) is 30.4 Å². The second-order valence-electron chi connectivity index (χ2n) is 8.98. The zero-order chi connectivity index (χ0) is 20.4. The number of fused-ring (bicyclic) bond motifs is 3. The fourth-order valence-corrected chi connectivity index (χ4v) is 5.51. The third-order valence-corrected chi connectivity index (χ3v) is 6.95. The number of aliphatic hydroxyl groups excluding tert-OH is 2. The minimum absolute atomic E-state index is 0.0582. The monoisotopic (exact) mass is 400 g/mol. The molecule has 1 aromatic carbocycles. The van der Waals surface area contributed by atoms with Crippen molar-refractivity contribution in [1.82, 2.24) is 0 Å². The molecule has 5 heteroatoms. The van der Waals surface area contributed by atoms with Crippen LogP contribution in [0, 0.1) is 11.8 Å². The second kappa shape index (κ2) is 8.88. The lowest BCUT2D eigenvalue weighted by molar-refractivity contribution is -0.136. The van der Waals surface area contributed by atoms with Gasteiger partial charge in [-0.3, -0.25) is 4.79 Å². The lowest BCUT2D eigenvalue weighted by Gasteiger charge is -2.23. The summed E-state index contributed by atoms with van der Waals surface area (Å²) in [4.78, 5) is 10.9. The van der Waals surface area contributed by atoms with Crippen molar-refractivity contribution in [3.05, 3.63) is 41.5 Å². The van der Waals surface area contributed by atoms with Gasteiger partial charge in [0.05, 0.1) is 12.2 Å². The Morgan fingerprint density at radius 3 is 2.79 bits per heavy atom. The Kier molecular flexibility index (Phi) is 6.26. The van der Waals surface area contributed by atoms with E-state index in [0.29, 0.717) is 18.8 Å². The molecular formula is C24H32O5. The van der Waals surface area contributed by atoms with E-state index in [2.05, 4.69) is 0 Å². The van der Waals surface area contributed by atoms with Crippen LogP contribution >= 0.6 is 0 Å². The summed E-state index contributed by atoms with van der Waals surface area (Å²) in [7, 11) is 0. The molecule has 3 N–H and O–H groups in total. The van der Waals surface area contributed by atoms with Crippen LogP contribution in [0.3, 0.4) is 0 Å². The van der Waals surface area contributed by atoms with Gasteiger partial charge in [0, 0.05) is 30.2 Å². The Bertz CT molecular complexity index is 752. The van der Waals surface area contributed by atoms with Gasteiger partial charge >= 0.3 is 5.97 Å². The molecule has 2 aliphatic carbocycles. The van der Waals surface area contributed by atoms with Crippen LogP contribution in [-0.2, 0) is 11.2 Å². The number of hydrogen-bond donors (Lipinski definition) is 3. The molecule has 5 atom stereocenters. The molecule has 0 spiro atoms. The third kappa shape index (κ3) is 4.51. The maximum absolute atomic E-state index is 10.9. The average molecular weight is 401 g/mol. The second-order valence-corrected chi connectivity index (χ2v) is 8.98. The zero-order valence-electron chi connectivity index (χ0n) is 16.9. The summed E-state index contributed by atoms with van der Waals surface area (Å²) in [6.07, 6.45) is 11.0. The number of carboxylic acid groups (broad SMARTS) is 1. The van der Waals surface area contributed by atoms with Crippen molar-refractivity contribution in [2.45, 2.75) is 82.0 Å². The van der Waals surface area contributed by atoms with Crippen molar-refractivity contribution < 1.29 is 24.9 Å². The Balaban J connectivity index is 1.46. The van der Waals surface area contributed by atoms with Gasteiger partial charge in [0.25, 0.3) is 0 Å². The van der Waals surface area contributed by atoms with Gasteiger partial charge < -0.3 is 20.1 Å².